The number of hydrogen-bond donors (Lipinski definition) is 9. The average molecular weight is 744 g/mol. The number of aromatic nitrogens is 5. The number of nitrogens with two attached hydrogens (primary N) is 2. The van der Waals surface area contributed by atoms with Crippen molar-refractivity contribution in [3.63, 3.8) is 0 Å². The lowest BCUT2D eigenvalue weighted by molar-refractivity contribution is -0.765. The fourth-order valence-electron chi connectivity index (χ4n) is 4.83. The number of phosphoric acid groups is 3. The van der Waals surface area contributed by atoms with E-state index in [0.717, 1.165) is 17.2 Å². The Bertz CT molecular complexity index is 1810. The molecule has 5 heterocycles. The molecule has 24 nitrogen and oxygen atoms in total. The summed E-state index contributed by atoms with van der Waals surface area (Å²) >= 11 is 0. The van der Waals surface area contributed by atoms with Gasteiger partial charge >= 0.3 is 23.5 Å². The van der Waals surface area contributed by atoms with E-state index in [0.29, 0.717) is 0 Å². The number of carbonyl (C=O) groups is 1. The van der Waals surface area contributed by atoms with Crippen molar-refractivity contribution >= 4 is 46.4 Å². The van der Waals surface area contributed by atoms with E-state index in [-0.39, 0.29) is 22.5 Å². The third-order valence-corrected chi connectivity index (χ3v) is 10.1. The van der Waals surface area contributed by atoms with E-state index in [1.54, 1.807) is 0 Å². The van der Waals surface area contributed by atoms with E-state index in [4.69, 9.17) is 30.0 Å². The number of ether oxygens (including phenoxy) is 2. The molecule has 10 atom stereocenters. The first-order valence-electron chi connectivity index (χ1n) is 13.3. The molecule has 3 aromatic rings. The maximum Gasteiger partial charge on any atom is 0.481 e. The van der Waals surface area contributed by atoms with E-state index in [1.165, 1.54) is 29.1 Å². The van der Waals surface area contributed by atoms with Crippen LogP contribution in [0.25, 0.3) is 11.2 Å². The Morgan fingerprint density at radius 2 is 1.60 bits per heavy atom. The molecule has 2 aliphatic heterocycles. The number of imidazole rings is 1. The quantitative estimate of drug-likeness (QED) is 0.0626. The zero-order chi connectivity index (χ0) is 35.2. The Kier molecular flexibility index (Phi) is 10.5. The lowest BCUT2D eigenvalue weighted by Gasteiger charge is -2.22. The second kappa shape index (κ2) is 13.8. The highest BCUT2D eigenvalue weighted by Gasteiger charge is 2.51. The molecule has 27 heteroatoms. The summed E-state index contributed by atoms with van der Waals surface area (Å²) in [5, 5.41) is 31.5. The topological polar surface area (TPSA) is 365 Å². The van der Waals surface area contributed by atoms with Gasteiger partial charge in [-0.3, -0.25) is 22.9 Å². The number of anilines is 1. The summed E-state index contributed by atoms with van der Waals surface area (Å²) in [4.78, 5) is 62.2. The van der Waals surface area contributed by atoms with Crippen molar-refractivity contribution in [2.45, 2.75) is 49.1 Å². The van der Waals surface area contributed by atoms with Crippen LogP contribution in [-0.2, 0) is 41.1 Å². The highest BCUT2D eigenvalue weighted by atomic mass is 31.3. The molecule has 0 spiro atoms. The highest BCUT2D eigenvalue weighted by Crippen LogP contribution is 2.61. The lowest BCUT2D eigenvalue weighted by Crippen LogP contribution is -2.46. The minimum atomic E-state index is -5.52. The number of aliphatic hydroxyl groups is 3. The molecule has 3 unspecified atom stereocenters. The number of nitrogen functional groups attached to an aromatic ring is 1. The summed E-state index contributed by atoms with van der Waals surface area (Å²) in [6.45, 7) is -2.03. The Hall–Kier alpha value is -2.86. The average Bonchev–Trinajstić information content (AvgIpc) is 3.64. The van der Waals surface area contributed by atoms with E-state index in [2.05, 4.69) is 23.8 Å². The second-order valence-electron chi connectivity index (χ2n) is 10.3. The number of carbonyl (C=O) groups excluding carboxylic acids is 1. The van der Waals surface area contributed by atoms with Gasteiger partial charge < -0.3 is 55.8 Å². The number of phosphoric ester groups is 3. The van der Waals surface area contributed by atoms with Gasteiger partial charge in [0.1, 0.15) is 47.9 Å². The number of amides is 1. The number of primary amides is 1. The molecule has 0 saturated carbocycles. The van der Waals surface area contributed by atoms with Crippen molar-refractivity contribution in [3.05, 3.63) is 42.7 Å². The van der Waals surface area contributed by atoms with Crippen molar-refractivity contribution in [3.8, 4) is 0 Å². The summed E-state index contributed by atoms with van der Waals surface area (Å²) < 4.78 is 68.4. The molecule has 2 aliphatic rings. The Morgan fingerprint density at radius 1 is 0.958 bits per heavy atom. The van der Waals surface area contributed by atoms with Gasteiger partial charge in [0.05, 0.1) is 19.5 Å². The molecule has 0 bridgehead atoms. The zero-order valence-corrected chi connectivity index (χ0v) is 26.6. The Balaban J connectivity index is 1.21. The fourth-order valence-corrected chi connectivity index (χ4v) is 7.47. The van der Waals surface area contributed by atoms with Crippen LogP contribution in [0.15, 0.2) is 37.2 Å². The third-order valence-electron chi connectivity index (χ3n) is 6.98. The summed E-state index contributed by atoms with van der Waals surface area (Å²) in [7, 11) is -16.3. The van der Waals surface area contributed by atoms with Crippen molar-refractivity contribution in [1.82, 2.24) is 19.5 Å². The van der Waals surface area contributed by atoms with Crippen molar-refractivity contribution in [2.75, 3.05) is 18.9 Å². The number of aliphatic hydroxyl groups excluding tert-OH is 3. The molecule has 0 aliphatic carbocycles. The first-order valence-corrected chi connectivity index (χ1v) is 17.9. The van der Waals surface area contributed by atoms with Gasteiger partial charge in [0, 0.05) is 6.07 Å². The van der Waals surface area contributed by atoms with Crippen molar-refractivity contribution < 1.29 is 85.3 Å². The van der Waals surface area contributed by atoms with E-state index in [1.807, 2.05) is 0 Å². The zero-order valence-electron chi connectivity index (χ0n) is 23.9. The van der Waals surface area contributed by atoms with E-state index >= 15 is 0 Å². The van der Waals surface area contributed by atoms with Crippen LogP contribution in [0.2, 0.25) is 0 Å². The molecule has 5 rings (SSSR count). The molecule has 2 fully saturated rings. The number of hydrogen-bond acceptors (Lipinski definition) is 17. The van der Waals surface area contributed by atoms with E-state index < -0.39 is 91.7 Å². The maximum atomic E-state index is 12.6. The number of nitrogens with zero attached hydrogens (tertiary/aromatic N) is 5. The molecular weight excluding hydrogens is 715 g/mol. The number of pyridine rings is 1. The minimum Gasteiger partial charge on any atom is -0.387 e. The predicted molar refractivity (Wildman–Crippen MR) is 150 cm³/mol. The maximum absolute atomic E-state index is 12.6. The fraction of sp³-hybridized carbons (Fsp3) is 0.476. The monoisotopic (exact) mass is 744 g/mol. The van der Waals surface area contributed by atoms with Crippen LogP contribution in [0, 0.1) is 0 Å². The van der Waals surface area contributed by atoms with Crippen LogP contribution >= 0.6 is 23.5 Å². The van der Waals surface area contributed by atoms with Gasteiger partial charge in [-0.25, -0.2) is 28.6 Å². The third kappa shape index (κ3) is 8.12. The van der Waals surface area contributed by atoms with Gasteiger partial charge in [0.2, 0.25) is 0 Å². The van der Waals surface area contributed by atoms with Gasteiger partial charge in [0.15, 0.2) is 36.2 Å². The van der Waals surface area contributed by atoms with Gasteiger partial charge in [-0.1, -0.05) is 0 Å². The molecule has 2 saturated heterocycles. The Labute approximate surface area is 267 Å². The summed E-state index contributed by atoms with van der Waals surface area (Å²) in [5.41, 5.74) is 11.1. The number of fused-ring (bicyclic) bond motifs is 1. The van der Waals surface area contributed by atoms with Crippen LogP contribution in [0.3, 0.4) is 0 Å². The standard InChI is InChI=1S/C21H28N7O17P3/c22-17-12-19(25-7-24-17)28(8-26-12)21-16(44-46(33,34)35)14(30)11(43-21)6-41-48(38,39)45-47(36,37)40-5-10-13(29)15(31)20(42-10)27-3-1-2-9(4-27)18(23)32/h1-4,7-8,10-11,13-16,20-21,29-31H,5-6H2,(H7-,22,23,24,25,32,33,34,35,36,37,38,39)/p+1/t10-,11-,13-,14-,15?,16-,20-,21-/m1/s1. The molecule has 3 aromatic heterocycles. The molecule has 0 radical (unpaired) electrons. The van der Waals surface area contributed by atoms with Crippen molar-refractivity contribution in [2.24, 2.45) is 5.73 Å². The molecule has 264 valence electrons. The second-order valence-corrected chi connectivity index (χ2v) is 14.5. The molecule has 1 amide bonds. The normalized spacial score (nSPS) is 30.3. The van der Waals surface area contributed by atoms with Crippen LogP contribution in [-0.4, -0.2) is 110 Å². The van der Waals surface area contributed by atoms with Gasteiger partial charge in [-0.15, -0.1) is 0 Å². The lowest BCUT2D eigenvalue weighted by atomic mass is 10.1. The summed E-state index contributed by atoms with van der Waals surface area (Å²) in [6.07, 6.45) is -8.39. The van der Waals surface area contributed by atoms with Gasteiger partial charge in [-0.2, -0.15) is 8.88 Å². The minimum absolute atomic E-state index is 0.00286. The first-order chi connectivity index (χ1) is 22.4. The van der Waals surface area contributed by atoms with Gasteiger partial charge in [-0.05, 0) is 6.07 Å². The number of rotatable bonds is 13. The summed E-state index contributed by atoms with van der Waals surface area (Å²) in [5.74, 6) is -0.848. The molecule has 48 heavy (non-hydrogen) atoms. The van der Waals surface area contributed by atoms with Crippen LogP contribution < -0.4 is 16.0 Å². The van der Waals surface area contributed by atoms with Crippen molar-refractivity contribution in [1.29, 1.82) is 0 Å². The smallest absolute Gasteiger partial charge is 0.387 e. The largest absolute Gasteiger partial charge is 0.481 e. The van der Waals surface area contributed by atoms with Crippen LogP contribution in [0.1, 0.15) is 22.8 Å². The van der Waals surface area contributed by atoms with Crippen LogP contribution in [0.5, 0.6) is 0 Å². The van der Waals surface area contributed by atoms with Gasteiger partial charge in [0.25, 0.3) is 12.1 Å². The molecule has 11 N–H and O–H groups in total. The highest BCUT2D eigenvalue weighted by molar-refractivity contribution is 7.61. The SMILES string of the molecule is NC(=O)c1ccc[n+]([C@@H]2O[C@H](COP(=O)(O)OP(=O)(O)OC[C@H]3O[C@@H](n4cnc5c(N)ncnc54)[C@H](OP(=O)(O)O)[C@@H]3O)[C@@H](O)C2O)c1. The van der Waals surface area contributed by atoms with Crippen LogP contribution in [0.4, 0.5) is 5.82 Å². The molecule has 0 aromatic carbocycles. The van der Waals surface area contributed by atoms with E-state index in [9.17, 15) is 53.4 Å². The Morgan fingerprint density at radius 3 is 2.23 bits per heavy atom. The summed E-state index contributed by atoms with van der Waals surface area (Å²) in [6, 6.07) is 2.79. The molecular formula is C21H29N7O17P3+. The predicted octanol–water partition coefficient (Wildman–Crippen LogP) is -2.90. The first kappa shape index (κ1) is 36.4.